The van der Waals surface area contributed by atoms with Crippen molar-refractivity contribution in [2.45, 2.75) is 13.0 Å². The molecule has 0 aliphatic heterocycles. The van der Waals surface area contributed by atoms with Crippen molar-refractivity contribution in [3.8, 4) is 0 Å². The molecule has 1 heterocycles. The Morgan fingerprint density at radius 1 is 1.47 bits per heavy atom. The number of aliphatic hydroxyl groups excluding tert-OH is 1. The number of fused-ring (bicyclic) bond motifs is 1. The fourth-order valence-electron chi connectivity index (χ4n) is 1.91. The van der Waals surface area contributed by atoms with E-state index in [0.717, 1.165) is 16.5 Å². The molecule has 0 unspecified atom stereocenters. The summed E-state index contributed by atoms with van der Waals surface area (Å²) < 4.78 is 0. The number of hydrogen-bond donors (Lipinski definition) is 3. The van der Waals surface area contributed by atoms with Gasteiger partial charge in [0.15, 0.2) is 0 Å². The van der Waals surface area contributed by atoms with E-state index >= 15 is 0 Å². The van der Waals surface area contributed by atoms with Gasteiger partial charge in [0, 0.05) is 29.2 Å². The summed E-state index contributed by atoms with van der Waals surface area (Å²) in [7, 11) is 1.84. The molecule has 0 saturated carbocycles. The van der Waals surface area contributed by atoms with E-state index in [2.05, 4.69) is 23.3 Å². The number of aryl methyl sites for hydroxylation is 1. The number of nitrogens with one attached hydrogen (secondary N) is 2. The van der Waals surface area contributed by atoms with Crippen LogP contribution in [-0.2, 0) is 0 Å². The van der Waals surface area contributed by atoms with Crippen molar-refractivity contribution in [3.63, 3.8) is 0 Å². The van der Waals surface area contributed by atoms with Crippen LogP contribution in [0.5, 0.6) is 0 Å². The third-order valence-electron chi connectivity index (χ3n) is 2.71. The Morgan fingerprint density at radius 3 is 3.00 bits per heavy atom. The topological polar surface area (TPSA) is 48.0 Å². The van der Waals surface area contributed by atoms with Crippen LogP contribution in [-0.4, -0.2) is 23.7 Å². The summed E-state index contributed by atoms with van der Waals surface area (Å²) in [4.78, 5) is 3.21. The average molecular weight is 204 g/mol. The summed E-state index contributed by atoms with van der Waals surface area (Å²) in [6.07, 6.45) is 1.44. The van der Waals surface area contributed by atoms with E-state index in [1.54, 1.807) is 0 Å². The van der Waals surface area contributed by atoms with Crippen LogP contribution in [0.1, 0.15) is 17.2 Å². The summed E-state index contributed by atoms with van der Waals surface area (Å²) >= 11 is 0. The minimum Gasteiger partial charge on any atom is -0.387 e. The summed E-state index contributed by atoms with van der Waals surface area (Å²) in [5, 5.41) is 14.0. The number of aromatic nitrogens is 1. The van der Waals surface area contributed by atoms with Gasteiger partial charge in [-0.15, -0.1) is 0 Å². The first-order chi connectivity index (χ1) is 7.24. The van der Waals surface area contributed by atoms with E-state index in [-0.39, 0.29) is 0 Å². The molecular formula is C12H16N2O. The molecule has 0 saturated heterocycles. The van der Waals surface area contributed by atoms with Crippen molar-refractivity contribution in [1.82, 2.24) is 10.3 Å². The average Bonchev–Trinajstić information content (AvgIpc) is 2.63. The molecule has 0 bridgehead atoms. The largest absolute Gasteiger partial charge is 0.387 e. The highest BCUT2D eigenvalue weighted by Crippen LogP contribution is 2.25. The second kappa shape index (κ2) is 4.04. The second-order valence-electron chi connectivity index (χ2n) is 3.81. The molecule has 15 heavy (non-hydrogen) atoms. The van der Waals surface area contributed by atoms with Crippen LogP contribution < -0.4 is 5.32 Å². The first kappa shape index (κ1) is 10.2. The zero-order valence-corrected chi connectivity index (χ0v) is 9.04. The smallest absolute Gasteiger partial charge is 0.0934 e. The summed E-state index contributed by atoms with van der Waals surface area (Å²) in [6, 6.07) is 6.11. The van der Waals surface area contributed by atoms with Gasteiger partial charge in [-0.2, -0.15) is 0 Å². The van der Waals surface area contributed by atoms with Gasteiger partial charge in [0.2, 0.25) is 0 Å². The molecule has 2 rings (SSSR count). The maximum Gasteiger partial charge on any atom is 0.0934 e. The quantitative estimate of drug-likeness (QED) is 0.713. The third kappa shape index (κ3) is 1.76. The van der Waals surface area contributed by atoms with Crippen molar-refractivity contribution >= 4 is 10.9 Å². The zero-order chi connectivity index (χ0) is 10.8. The van der Waals surface area contributed by atoms with Crippen LogP contribution in [0.15, 0.2) is 24.4 Å². The van der Waals surface area contributed by atoms with Crippen molar-refractivity contribution in [2.24, 2.45) is 0 Å². The van der Waals surface area contributed by atoms with Gasteiger partial charge < -0.3 is 15.4 Å². The maximum absolute atomic E-state index is 9.92. The number of likely N-dealkylation sites (N-methyl/N-ethyl adjacent to an activating group) is 1. The van der Waals surface area contributed by atoms with Crippen LogP contribution >= 0.6 is 0 Å². The number of aromatic amines is 1. The summed E-state index contributed by atoms with van der Waals surface area (Å²) in [6.45, 7) is 2.63. The van der Waals surface area contributed by atoms with Crippen LogP contribution in [0.25, 0.3) is 10.9 Å². The molecule has 3 heteroatoms. The lowest BCUT2D eigenvalue weighted by atomic mass is 10.1. The van der Waals surface area contributed by atoms with Crippen LogP contribution in [0.3, 0.4) is 0 Å². The number of hydrogen-bond acceptors (Lipinski definition) is 2. The monoisotopic (exact) mass is 204 g/mol. The second-order valence-corrected chi connectivity index (χ2v) is 3.81. The molecule has 2 aromatic rings. The van der Waals surface area contributed by atoms with Gasteiger partial charge in [0.25, 0.3) is 0 Å². The molecule has 0 aliphatic carbocycles. The molecule has 1 aromatic heterocycles. The minimum absolute atomic E-state index is 0.453. The predicted octanol–water partition coefficient (Wildman–Crippen LogP) is 1.73. The molecule has 0 spiro atoms. The van der Waals surface area contributed by atoms with E-state index < -0.39 is 6.10 Å². The number of H-pyrrole nitrogens is 1. The Labute approximate surface area is 89.1 Å². The number of aliphatic hydroxyl groups is 1. The molecule has 0 amide bonds. The summed E-state index contributed by atoms with van der Waals surface area (Å²) in [5.74, 6) is 0. The fourth-order valence-corrected chi connectivity index (χ4v) is 1.91. The molecule has 0 radical (unpaired) electrons. The van der Waals surface area contributed by atoms with Crippen molar-refractivity contribution in [1.29, 1.82) is 0 Å². The van der Waals surface area contributed by atoms with E-state index in [0.29, 0.717) is 6.54 Å². The highest BCUT2D eigenvalue weighted by atomic mass is 16.3. The normalized spacial score (nSPS) is 13.3. The van der Waals surface area contributed by atoms with Crippen LogP contribution in [0.4, 0.5) is 0 Å². The molecule has 80 valence electrons. The third-order valence-corrected chi connectivity index (χ3v) is 2.71. The van der Waals surface area contributed by atoms with Gasteiger partial charge in [-0.3, -0.25) is 0 Å². The Hall–Kier alpha value is -1.32. The van der Waals surface area contributed by atoms with Crippen molar-refractivity contribution in [2.75, 3.05) is 13.6 Å². The predicted molar refractivity (Wildman–Crippen MR) is 61.9 cm³/mol. The Kier molecular flexibility index (Phi) is 2.75. The van der Waals surface area contributed by atoms with E-state index in [1.165, 1.54) is 5.56 Å². The Balaban J connectivity index is 2.49. The molecule has 3 nitrogen and oxygen atoms in total. The van der Waals surface area contributed by atoms with Gasteiger partial charge >= 0.3 is 0 Å². The molecule has 0 aliphatic rings. The number of para-hydroxylation sites is 1. The Bertz CT molecular complexity index is 462. The van der Waals surface area contributed by atoms with Gasteiger partial charge in [-0.1, -0.05) is 18.2 Å². The highest BCUT2D eigenvalue weighted by molar-refractivity contribution is 5.86. The molecular weight excluding hydrogens is 188 g/mol. The van der Waals surface area contributed by atoms with E-state index in [1.807, 2.05) is 25.4 Å². The van der Waals surface area contributed by atoms with Gasteiger partial charge in [-0.25, -0.2) is 0 Å². The molecule has 0 fully saturated rings. The van der Waals surface area contributed by atoms with E-state index in [9.17, 15) is 5.11 Å². The fraction of sp³-hybridized carbons (Fsp3) is 0.333. The number of benzene rings is 1. The van der Waals surface area contributed by atoms with Crippen LogP contribution in [0.2, 0.25) is 0 Å². The van der Waals surface area contributed by atoms with E-state index in [4.69, 9.17) is 0 Å². The zero-order valence-electron chi connectivity index (χ0n) is 9.04. The van der Waals surface area contributed by atoms with Crippen LogP contribution in [0, 0.1) is 6.92 Å². The maximum atomic E-state index is 9.92. The van der Waals surface area contributed by atoms with Gasteiger partial charge in [-0.05, 0) is 19.5 Å². The molecule has 3 N–H and O–H groups in total. The highest BCUT2D eigenvalue weighted by Gasteiger charge is 2.12. The first-order valence-electron chi connectivity index (χ1n) is 5.13. The van der Waals surface area contributed by atoms with Gasteiger partial charge in [0.05, 0.1) is 6.10 Å². The minimum atomic E-state index is -0.453. The molecule has 1 atom stereocenters. The lowest BCUT2D eigenvalue weighted by Crippen LogP contribution is -2.16. The Morgan fingerprint density at radius 2 is 2.27 bits per heavy atom. The lowest BCUT2D eigenvalue weighted by molar-refractivity contribution is 0.179. The summed E-state index contributed by atoms with van der Waals surface area (Å²) in [5.41, 5.74) is 3.28. The van der Waals surface area contributed by atoms with Gasteiger partial charge in [0.1, 0.15) is 0 Å². The standard InChI is InChI=1S/C12H16N2O/c1-8-4-3-5-9-10(6-14-12(8)9)11(15)7-13-2/h3-6,11,13-15H,7H2,1-2H3/t11-/m1/s1. The lowest BCUT2D eigenvalue weighted by Gasteiger charge is -2.08. The van der Waals surface area contributed by atoms with Crippen molar-refractivity contribution in [3.05, 3.63) is 35.5 Å². The van der Waals surface area contributed by atoms with Crippen molar-refractivity contribution < 1.29 is 5.11 Å². The number of rotatable bonds is 3. The SMILES string of the molecule is CNC[C@@H](O)c1c[nH]c2c(C)cccc12. The molecule has 1 aromatic carbocycles. The first-order valence-corrected chi connectivity index (χ1v) is 5.13.